The number of rotatable bonds is 3. The molecule has 0 N–H and O–H groups in total. The van der Waals surface area contributed by atoms with E-state index in [2.05, 4.69) is 11.8 Å². The Kier molecular flexibility index (Phi) is 2.80. The van der Waals surface area contributed by atoms with E-state index in [1.54, 1.807) is 0 Å². The number of carbonyl (C=O) groups is 1. The van der Waals surface area contributed by atoms with E-state index in [1.807, 2.05) is 0 Å². The van der Waals surface area contributed by atoms with Crippen LogP contribution < -0.4 is 0 Å². The molecule has 1 radical (unpaired) electrons. The maximum absolute atomic E-state index is 11.5. The van der Waals surface area contributed by atoms with Gasteiger partial charge in [0, 0.05) is 19.5 Å². The second-order valence-corrected chi connectivity index (χ2v) is 4.88. The molecule has 2 aliphatic rings. The highest BCUT2D eigenvalue weighted by atomic mass is 16.2. The minimum Gasteiger partial charge on any atom is -0.342 e. The van der Waals surface area contributed by atoms with E-state index in [1.165, 1.54) is 25.7 Å². The lowest BCUT2D eigenvalue weighted by Gasteiger charge is -2.32. The summed E-state index contributed by atoms with van der Waals surface area (Å²) in [6.45, 7) is 6.04. The monoisotopic (exact) mass is 194 g/mol. The summed E-state index contributed by atoms with van der Waals surface area (Å²) in [5.41, 5.74) is 0.375. The summed E-state index contributed by atoms with van der Waals surface area (Å²) in [7, 11) is 0. The predicted octanol–water partition coefficient (Wildman–Crippen LogP) is 2.39. The van der Waals surface area contributed by atoms with Gasteiger partial charge in [-0.1, -0.05) is 19.8 Å². The van der Waals surface area contributed by atoms with Crippen molar-refractivity contribution in [1.82, 2.24) is 4.90 Å². The normalized spacial score (nSPS) is 26.1. The summed E-state index contributed by atoms with van der Waals surface area (Å²) in [5.74, 6) is 0.365. The first kappa shape index (κ1) is 10.0. The largest absolute Gasteiger partial charge is 0.342 e. The molecule has 1 amide bonds. The fraction of sp³-hybridized carbons (Fsp3) is 0.833. The van der Waals surface area contributed by atoms with Crippen LogP contribution in [-0.4, -0.2) is 23.9 Å². The molecule has 0 bridgehead atoms. The predicted molar refractivity (Wildman–Crippen MR) is 56.7 cm³/mol. The summed E-state index contributed by atoms with van der Waals surface area (Å²) in [6.07, 6.45) is 8.05. The van der Waals surface area contributed by atoms with Crippen molar-refractivity contribution in [1.29, 1.82) is 0 Å². The van der Waals surface area contributed by atoms with Gasteiger partial charge in [-0.3, -0.25) is 4.79 Å². The Bertz CT molecular complexity index is 218. The molecule has 1 saturated heterocycles. The Labute approximate surface area is 86.7 Å². The lowest BCUT2D eigenvalue weighted by Crippen LogP contribution is -2.36. The van der Waals surface area contributed by atoms with Gasteiger partial charge in [-0.15, -0.1) is 0 Å². The molecule has 2 heteroatoms. The van der Waals surface area contributed by atoms with E-state index >= 15 is 0 Å². The van der Waals surface area contributed by atoms with Crippen molar-refractivity contribution in [3.05, 3.63) is 6.92 Å². The fourth-order valence-corrected chi connectivity index (χ4v) is 2.89. The summed E-state index contributed by atoms with van der Waals surface area (Å²) >= 11 is 0. The molecular formula is C12H20NO. The second kappa shape index (κ2) is 3.92. The molecule has 0 spiro atoms. The summed E-state index contributed by atoms with van der Waals surface area (Å²) < 4.78 is 0. The zero-order chi connectivity index (χ0) is 10.0. The highest BCUT2D eigenvalue weighted by Gasteiger charge is 2.36. The maximum Gasteiger partial charge on any atom is 0.222 e. The molecule has 1 heterocycles. The topological polar surface area (TPSA) is 20.3 Å². The lowest BCUT2D eigenvalue weighted by atomic mass is 9.83. The van der Waals surface area contributed by atoms with Crippen molar-refractivity contribution in [2.75, 3.05) is 13.1 Å². The van der Waals surface area contributed by atoms with Crippen molar-refractivity contribution < 1.29 is 4.79 Å². The zero-order valence-corrected chi connectivity index (χ0v) is 8.93. The zero-order valence-electron chi connectivity index (χ0n) is 8.93. The van der Waals surface area contributed by atoms with Gasteiger partial charge in [0.05, 0.1) is 0 Å². The van der Waals surface area contributed by atoms with Crippen LogP contribution in [0.3, 0.4) is 0 Å². The average Bonchev–Trinajstić information content (AvgIpc) is 2.79. The lowest BCUT2D eigenvalue weighted by molar-refractivity contribution is -0.129. The van der Waals surface area contributed by atoms with Crippen LogP contribution in [0.25, 0.3) is 0 Å². The van der Waals surface area contributed by atoms with Crippen molar-refractivity contribution in [3.8, 4) is 0 Å². The molecule has 79 valence electrons. The molecule has 14 heavy (non-hydrogen) atoms. The van der Waals surface area contributed by atoms with Gasteiger partial charge in [-0.2, -0.15) is 0 Å². The van der Waals surface area contributed by atoms with Crippen LogP contribution in [0.5, 0.6) is 0 Å². The third-order valence-corrected chi connectivity index (χ3v) is 3.89. The third-order valence-electron chi connectivity index (χ3n) is 3.89. The fourth-order valence-electron chi connectivity index (χ4n) is 2.89. The van der Waals surface area contributed by atoms with Gasteiger partial charge in [0.15, 0.2) is 0 Å². The van der Waals surface area contributed by atoms with Gasteiger partial charge in [0.1, 0.15) is 0 Å². The molecular weight excluding hydrogens is 174 g/mol. The molecule has 1 saturated carbocycles. The van der Waals surface area contributed by atoms with Crippen molar-refractivity contribution in [3.63, 3.8) is 0 Å². The number of amides is 1. The maximum atomic E-state index is 11.5. The van der Waals surface area contributed by atoms with Gasteiger partial charge in [0.25, 0.3) is 0 Å². The van der Waals surface area contributed by atoms with Crippen LogP contribution in [0.15, 0.2) is 0 Å². The molecule has 0 unspecified atom stereocenters. The van der Waals surface area contributed by atoms with Gasteiger partial charge >= 0.3 is 0 Å². The second-order valence-electron chi connectivity index (χ2n) is 4.88. The quantitative estimate of drug-likeness (QED) is 0.675. The molecule has 0 aromatic carbocycles. The first-order valence-corrected chi connectivity index (χ1v) is 5.83. The van der Waals surface area contributed by atoms with Gasteiger partial charge in [-0.05, 0) is 31.1 Å². The van der Waals surface area contributed by atoms with Crippen molar-refractivity contribution in [2.45, 2.75) is 44.9 Å². The Morgan fingerprint density at radius 2 is 2.00 bits per heavy atom. The molecule has 0 aromatic heterocycles. The average molecular weight is 194 g/mol. The smallest absolute Gasteiger partial charge is 0.222 e. The van der Waals surface area contributed by atoms with Crippen LogP contribution in [0.1, 0.15) is 44.9 Å². The molecule has 1 aliphatic heterocycles. The number of carbonyl (C=O) groups excluding carboxylic acids is 1. The van der Waals surface area contributed by atoms with Crippen LogP contribution in [0, 0.1) is 12.3 Å². The van der Waals surface area contributed by atoms with E-state index in [0.29, 0.717) is 11.3 Å². The molecule has 2 fully saturated rings. The molecule has 1 aliphatic carbocycles. The third kappa shape index (κ3) is 1.79. The van der Waals surface area contributed by atoms with Crippen molar-refractivity contribution >= 4 is 5.91 Å². The molecule has 2 rings (SSSR count). The van der Waals surface area contributed by atoms with Crippen LogP contribution in [0.2, 0.25) is 0 Å². The van der Waals surface area contributed by atoms with E-state index in [0.717, 1.165) is 32.4 Å². The molecule has 0 aromatic rings. The Morgan fingerprint density at radius 1 is 1.29 bits per heavy atom. The van der Waals surface area contributed by atoms with E-state index in [9.17, 15) is 4.79 Å². The Morgan fingerprint density at radius 3 is 2.50 bits per heavy atom. The van der Waals surface area contributed by atoms with Gasteiger partial charge in [0.2, 0.25) is 5.91 Å². The molecule has 2 nitrogen and oxygen atoms in total. The minimum absolute atomic E-state index is 0.365. The van der Waals surface area contributed by atoms with Crippen molar-refractivity contribution in [2.24, 2.45) is 5.41 Å². The Balaban J connectivity index is 1.96. The SMILES string of the molecule is [CH2]CC1(CN2CCCC2=O)CCCC1. The summed E-state index contributed by atoms with van der Waals surface area (Å²) in [4.78, 5) is 13.6. The summed E-state index contributed by atoms with van der Waals surface area (Å²) in [5, 5.41) is 0. The van der Waals surface area contributed by atoms with E-state index in [4.69, 9.17) is 0 Å². The number of likely N-dealkylation sites (tertiary alicyclic amines) is 1. The minimum atomic E-state index is 0.365. The first-order valence-electron chi connectivity index (χ1n) is 5.83. The van der Waals surface area contributed by atoms with Crippen LogP contribution in [0.4, 0.5) is 0 Å². The summed E-state index contributed by atoms with van der Waals surface area (Å²) in [6, 6.07) is 0. The van der Waals surface area contributed by atoms with E-state index in [-0.39, 0.29) is 0 Å². The number of nitrogens with zero attached hydrogens (tertiary/aromatic N) is 1. The molecule has 0 atom stereocenters. The van der Waals surface area contributed by atoms with Crippen LogP contribution >= 0.6 is 0 Å². The highest BCUT2D eigenvalue weighted by Crippen LogP contribution is 2.41. The van der Waals surface area contributed by atoms with Gasteiger partial charge < -0.3 is 4.90 Å². The highest BCUT2D eigenvalue weighted by molar-refractivity contribution is 5.78. The van der Waals surface area contributed by atoms with Gasteiger partial charge in [-0.25, -0.2) is 0 Å². The van der Waals surface area contributed by atoms with E-state index < -0.39 is 0 Å². The standard InChI is InChI=1S/C12H20NO/c1-2-12(7-3-4-8-12)10-13-9-5-6-11(13)14/h1-10H2. The number of hydrogen-bond acceptors (Lipinski definition) is 1. The Hall–Kier alpha value is -0.530. The first-order chi connectivity index (χ1) is 6.76. The van der Waals surface area contributed by atoms with Crippen LogP contribution in [-0.2, 0) is 4.79 Å². The number of hydrogen-bond donors (Lipinski definition) is 0.